The largest absolute Gasteiger partial charge is 0.352 e. The lowest BCUT2D eigenvalue weighted by Gasteiger charge is -2.45. The molecule has 0 aromatic heterocycles. The van der Waals surface area contributed by atoms with Crippen LogP contribution in [0.4, 0.5) is 0 Å². The van der Waals surface area contributed by atoms with Gasteiger partial charge in [0.25, 0.3) is 0 Å². The number of nitrogens with one attached hydrogen (secondary N) is 1. The summed E-state index contributed by atoms with van der Waals surface area (Å²) in [6.45, 7) is 0. The number of hydrogen-bond donors (Lipinski definition) is 2. The number of benzene rings is 1. The summed E-state index contributed by atoms with van der Waals surface area (Å²) in [7, 11) is 0. The van der Waals surface area contributed by atoms with Gasteiger partial charge in [0.1, 0.15) is 0 Å². The highest BCUT2D eigenvalue weighted by molar-refractivity contribution is 5.91. The second-order valence-corrected chi connectivity index (χ2v) is 7.63. The molecule has 3 N–H and O–H groups in total. The second kappa shape index (κ2) is 5.38. The first-order chi connectivity index (χ1) is 10.7. The first-order valence-electron chi connectivity index (χ1n) is 8.81. The molecule has 0 heterocycles. The summed E-state index contributed by atoms with van der Waals surface area (Å²) in [6.07, 6.45) is 7.91. The van der Waals surface area contributed by atoms with Gasteiger partial charge in [-0.15, -0.1) is 0 Å². The summed E-state index contributed by atoms with van der Waals surface area (Å²) in [5.74, 6) is 1.45. The van der Waals surface area contributed by atoms with Gasteiger partial charge < -0.3 is 11.1 Å². The van der Waals surface area contributed by atoms with Crippen LogP contribution in [-0.2, 0) is 10.2 Å². The predicted molar refractivity (Wildman–Crippen MR) is 87.3 cm³/mol. The van der Waals surface area contributed by atoms with Gasteiger partial charge in [0.2, 0.25) is 5.91 Å². The fraction of sp³-hybridized carbons (Fsp3) is 0.632. The van der Waals surface area contributed by atoms with E-state index in [2.05, 4.69) is 17.4 Å². The molecule has 4 rings (SSSR count). The average Bonchev–Trinajstić information content (AvgIpc) is 3.31. The minimum Gasteiger partial charge on any atom is -0.352 e. The highest BCUT2D eigenvalue weighted by atomic mass is 16.2. The Bertz CT molecular complexity index is 538. The third kappa shape index (κ3) is 2.36. The van der Waals surface area contributed by atoms with Crippen molar-refractivity contribution in [2.75, 3.05) is 0 Å². The first-order valence-corrected chi connectivity index (χ1v) is 8.81. The Labute approximate surface area is 132 Å². The van der Waals surface area contributed by atoms with E-state index in [0.717, 1.165) is 25.7 Å². The van der Waals surface area contributed by atoms with Gasteiger partial charge in [-0.3, -0.25) is 4.79 Å². The Kier molecular flexibility index (Phi) is 3.48. The predicted octanol–water partition coefficient (Wildman–Crippen LogP) is 2.74. The molecule has 0 aliphatic heterocycles. The molecular weight excluding hydrogens is 272 g/mol. The van der Waals surface area contributed by atoms with Gasteiger partial charge in [-0.25, -0.2) is 0 Å². The van der Waals surface area contributed by atoms with Gasteiger partial charge in [0.15, 0.2) is 0 Å². The Balaban J connectivity index is 1.50. The zero-order valence-corrected chi connectivity index (χ0v) is 13.1. The summed E-state index contributed by atoms with van der Waals surface area (Å²) in [5.41, 5.74) is 7.14. The maximum Gasteiger partial charge on any atom is 0.230 e. The van der Waals surface area contributed by atoms with Crippen molar-refractivity contribution < 1.29 is 4.79 Å². The van der Waals surface area contributed by atoms with Crippen molar-refractivity contribution in [2.24, 2.45) is 17.6 Å². The van der Waals surface area contributed by atoms with Gasteiger partial charge in [-0.2, -0.15) is 0 Å². The van der Waals surface area contributed by atoms with Crippen LogP contribution in [0.3, 0.4) is 0 Å². The van der Waals surface area contributed by atoms with Crippen molar-refractivity contribution in [1.29, 1.82) is 0 Å². The normalized spacial score (nSPS) is 35.7. The number of fused-ring (bicyclic) bond motifs is 2. The zero-order chi connectivity index (χ0) is 15.2. The van der Waals surface area contributed by atoms with E-state index in [1.807, 2.05) is 18.2 Å². The quantitative estimate of drug-likeness (QED) is 0.901. The molecule has 3 aliphatic rings. The van der Waals surface area contributed by atoms with Crippen molar-refractivity contribution in [3.8, 4) is 0 Å². The van der Waals surface area contributed by atoms with Crippen LogP contribution in [0.2, 0.25) is 0 Å². The van der Waals surface area contributed by atoms with E-state index in [-0.39, 0.29) is 11.3 Å². The van der Waals surface area contributed by atoms with Crippen molar-refractivity contribution in [1.82, 2.24) is 5.32 Å². The molecule has 3 nitrogen and oxygen atoms in total. The van der Waals surface area contributed by atoms with E-state index in [0.29, 0.717) is 23.9 Å². The summed E-state index contributed by atoms with van der Waals surface area (Å²) >= 11 is 0. The van der Waals surface area contributed by atoms with E-state index in [1.54, 1.807) is 0 Å². The van der Waals surface area contributed by atoms with Gasteiger partial charge in [0.05, 0.1) is 5.41 Å². The van der Waals surface area contributed by atoms with E-state index >= 15 is 0 Å². The Morgan fingerprint density at radius 2 is 1.73 bits per heavy atom. The maximum atomic E-state index is 13.0. The molecule has 0 spiro atoms. The number of amides is 1. The molecule has 2 atom stereocenters. The topological polar surface area (TPSA) is 55.1 Å². The molecule has 2 unspecified atom stereocenters. The minimum absolute atomic E-state index is 0.241. The minimum atomic E-state index is -0.241. The van der Waals surface area contributed by atoms with Gasteiger partial charge in [-0.1, -0.05) is 36.8 Å². The lowest BCUT2D eigenvalue weighted by molar-refractivity contribution is -0.126. The third-order valence-corrected chi connectivity index (χ3v) is 6.19. The highest BCUT2D eigenvalue weighted by Crippen LogP contribution is 2.49. The monoisotopic (exact) mass is 298 g/mol. The molecule has 1 aromatic rings. The Morgan fingerprint density at radius 3 is 2.32 bits per heavy atom. The van der Waals surface area contributed by atoms with E-state index in [9.17, 15) is 4.79 Å². The first kappa shape index (κ1) is 14.3. The molecule has 3 aliphatic carbocycles. The van der Waals surface area contributed by atoms with Crippen molar-refractivity contribution in [3.63, 3.8) is 0 Å². The average molecular weight is 298 g/mol. The fourth-order valence-corrected chi connectivity index (χ4v) is 4.84. The molecule has 22 heavy (non-hydrogen) atoms. The van der Waals surface area contributed by atoms with Gasteiger partial charge >= 0.3 is 0 Å². The molecule has 2 bridgehead atoms. The van der Waals surface area contributed by atoms with Crippen LogP contribution in [0.1, 0.15) is 50.5 Å². The molecule has 1 aromatic carbocycles. The summed E-state index contributed by atoms with van der Waals surface area (Å²) in [5, 5.41) is 3.45. The number of carbonyl (C=O) groups excluding carboxylic acids is 1. The molecule has 0 radical (unpaired) electrons. The number of rotatable bonds is 3. The van der Waals surface area contributed by atoms with Crippen molar-refractivity contribution >= 4 is 5.91 Å². The van der Waals surface area contributed by atoms with Crippen LogP contribution in [0.25, 0.3) is 0 Å². The van der Waals surface area contributed by atoms with Crippen LogP contribution in [0.5, 0.6) is 0 Å². The summed E-state index contributed by atoms with van der Waals surface area (Å²) < 4.78 is 0. The highest BCUT2D eigenvalue weighted by Gasteiger charge is 2.52. The zero-order valence-electron chi connectivity index (χ0n) is 13.1. The van der Waals surface area contributed by atoms with E-state index in [4.69, 9.17) is 5.73 Å². The van der Waals surface area contributed by atoms with E-state index < -0.39 is 0 Å². The molecule has 3 fully saturated rings. The van der Waals surface area contributed by atoms with E-state index in [1.165, 1.54) is 24.8 Å². The van der Waals surface area contributed by atoms with Gasteiger partial charge in [0, 0.05) is 12.1 Å². The molecule has 3 heteroatoms. The Hall–Kier alpha value is -1.35. The van der Waals surface area contributed by atoms with Crippen LogP contribution < -0.4 is 11.1 Å². The van der Waals surface area contributed by atoms with Crippen LogP contribution in [0, 0.1) is 11.8 Å². The molecule has 1 amide bonds. The van der Waals surface area contributed by atoms with Crippen molar-refractivity contribution in [3.05, 3.63) is 35.9 Å². The van der Waals surface area contributed by atoms with Crippen LogP contribution in [-0.4, -0.2) is 18.0 Å². The SMILES string of the molecule is NC1CC2CCCC(C1)C2NC(=O)C1(c2ccccc2)CC1. The lowest BCUT2D eigenvalue weighted by Crippen LogP contribution is -2.55. The van der Waals surface area contributed by atoms with Crippen molar-refractivity contribution in [2.45, 2.75) is 62.4 Å². The van der Waals surface area contributed by atoms with Crippen LogP contribution in [0.15, 0.2) is 30.3 Å². The smallest absolute Gasteiger partial charge is 0.230 e. The lowest BCUT2D eigenvalue weighted by atomic mass is 9.67. The number of hydrogen-bond acceptors (Lipinski definition) is 2. The molecule has 118 valence electrons. The summed E-state index contributed by atoms with van der Waals surface area (Å²) in [6, 6.07) is 11.0. The number of carbonyl (C=O) groups is 1. The number of nitrogens with two attached hydrogens (primary N) is 1. The third-order valence-electron chi connectivity index (χ3n) is 6.19. The molecule has 0 saturated heterocycles. The van der Waals surface area contributed by atoms with Gasteiger partial charge in [-0.05, 0) is 55.9 Å². The van der Waals surface area contributed by atoms with Crippen LogP contribution >= 0.6 is 0 Å². The Morgan fingerprint density at radius 1 is 1.09 bits per heavy atom. The second-order valence-electron chi connectivity index (χ2n) is 7.63. The fourth-order valence-electron chi connectivity index (χ4n) is 4.84. The maximum absolute atomic E-state index is 13.0. The summed E-state index contributed by atoms with van der Waals surface area (Å²) in [4.78, 5) is 13.0. The molecule has 3 saturated carbocycles. The standard InChI is InChI=1S/C19H26N2O/c20-16-11-13-5-4-6-14(12-16)17(13)21-18(22)19(9-10-19)15-7-2-1-3-8-15/h1-3,7-8,13-14,16-17H,4-6,9-12,20H2,(H,21,22). The molecular formula is C19H26N2O.